The minimum Gasteiger partial charge on any atom is -0.506 e. The number of rotatable bonds is 3. The minimum absolute atomic E-state index is 0.210. The molecule has 2 aliphatic rings. The van der Waals surface area contributed by atoms with Gasteiger partial charge in [-0.3, -0.25) is 9.80 Å². The Kier molecular flexibility index (Phi) is 5.75. The molecule has 2 fully saturated rings. The first kappa shape index (κ1) is 16.7. The summed E-state index contributed by atoms with van der Waals surface area (Å²) in [5.74, 6) is 0.353. The molecule has 0 amide bonds. The quantitative estimate of drug-likeness (QED) is 0.611. The number of ether oxygens (including phenoxy) is 2. The average Bonchev–Trinajstić information content (AvgIpc) is 2.54. The van der Waals surface area contributed by atoms with Crippen molar-refractivity contribution in [3.05, 3.63) is 26.6 Å². The van der Waals surface area contributed by atoms with Crippen LogP contribution in [0.2, 0.25) is 0 Å². The molecule has 0 aromatic heterocycles. The van der Waals surface area contributed by atoms with E-state index in [-0.39, 0.29) is 6.17 Å². The molecule has 2 aliphatic heterocycles. The molecule has 1 aromatic rings. The Hall–Kier alpha value is -0.180. The molecular weight excluding hydrogens is 416 g/mol. The molecule has 1 aromatic carbocycles. The number of phenolic OH excluding ortho intramolecular Hbond substituents is 1. The zero-order valence-electron chi connectivity index (χ0n) is 12.4. The summed E-state index contributed by atoms with van der Waals surface area (Å²) in [6.45, 7) is 7.02. The average molecular weight is 438 g/mol. The van der Waals surface area contributed by atoms with Gasteiger partial charge in [0.05, 0.1) is 30.9 Å². The van der Waals surface area contributed by atoms with E-state index in [0.29, 0.717) is 5.75 Å². The lowest BCUT2D eigenvalue weighted by molar-refractivity contribution is -1.14. The van der Waals surface area contributed by atoms with Crippen LogP contribution in [0.25, 0.3) is 0 Å². The Labute approximate surface area is 147 Å². The minimum atomic E-state index is 0.210. The number of quaternary nitrogens is 2. The van der Waals surface area contributed by atoms with E-state index in [1.165, 1.54) is 9.80 Å². The number of aromatic hydroxyl groups is 1. The fourth-order valence-corrected chi connectivity index (χ4v) is 4.64. The molecule has 2 saturated heterocycles. The maximum absolute atomic E-state index is 10.6. The topological polar surface area (TPSA) is 47.6 Å². The third kappa shape index (κ3) is 3.66. The summed E-state index contributed by atoms with van der Waals surface area (Å²) in [5, 5.41) is 10.6. The zero-order valence-corrected chi connectivity index (χ0v) is 15.6. The Morgan fingerprint density at radius 3 is 1.91 bits per heavy atom. The predicted molar refractivity (Wildman–Crippen MR) is 89.3 cm³/mol. The lowest BCUT2D eigenvalue weighted by atomic mass is 10.1. The summed E-state index contributed by atoms with van der Waals surface area (Å²) in [4.78, 5) is 2.95. The van der Waals surface area contributed by atoms with Gasteiger partial charge in [0.25, 0.3) is 0 Å². The van der Waals surface area contributed by atoms with Gasteiger partial charge in [-0.05, 0) is 28.1 Å². The molecule has 0 unspecified atom stereocenters. The summed E-state index contributed by atoms with van der Waals surface area (Å²) < 4.78 is 12.8. The maximum Gasteiger partial charge on any atom is 0.244 e. The zero-order chi connectivity index (χ0) is 15.5. The molecule has 22 heavy (non-hydrogen) atoms. The van der Waals surface area contributed by atoms with Crippen LogP contribution < -0.4 is 9.80 Å². The number of halogens is 2. The van der Waals surface area contributed by atoms with Crippen molar-refractivity contribution in [2.24, 2.45) is 0 Å². The SMILES string of the molecule is Oc1c(Br)cc(Br)cc1C([NH+]1CCOCC1)[NH+]1CCOCC1. The van der Waals surface area contributed by atoms with Crippen LogP contribution in [-0.4, -0.2) is 57.7 Å². The van der Waals surface area contributed by atoms with Crippen LogP contribution in [0.1, 0.15) is 11.7 Å². The van der Waals surface area contributed by atoms with Gasteiger partial charge >= 0.3 is 0 Å². The van der Waals surface area contributed by atoms with Crippen LogP contribution in [0.3, 0.4) is 0 Å². The number of benzene rings is 1. The first-order chi connectivity index (χ1) is 10.7. The van der Waals surface area contributed by atoms with Gasteiger partial charge in [-0.25, -0.2) is 0 Å². The van der Waals surface area contributed by atoms with Crippen molar-refractivity contribution in [3.63, 3.8) is 0 Å². The Morgan fingerprint density at radius 1 is 0.909 bits per heavy atom. The van der Waals surface area contributed by atoms with Crippen LogP contribution in [0.4, 0.5) is 0 Å². The van der Waals surface area contributed by atoms with E-state index in [4.69, 9.17) is 9.47 Å². The van der Waals surface area contributed by atoms with Gasteiger partial charge in [0.1, 0.15) is 37.5 Å². The number of hydrogen-bond acceptors (Lipinski definition) is 3. The van der Waals surface area contributed by atoms with Crippen LogP contribution in [0.15, 0.2) is 21.1 Å². The van der Waals surface area contributed by atoms with Crippen LogP contribution in [0.5, 0.6) is 5.75 Å². The molecular formula is C15H22Br2N2O3+2. The second kappa shape index (κ2) is 7.59. The molecule has 0 bridgehead atoms. The fourth-order valence-electron chi connectivity index (χ4n) is 3.38. The number of nitrogens with one attached hydrogen (secondary N) is 2. The van der Waals surface area contributed by atoms with Gasteiger partial charge in [-0.15, -0.1) is 0 Å². The van der Waals surface area contributed by atoms with E-state index in [1.54, 1.807) is 0 Å². The van der Waals surface area contributed by atoms with Crippen molar-refractivity contribution in [2.45, 2.75) is 6.17 Å². The Bertz CT molecular complexity index is 500. The molecule has 5 nitrogen and oxygen atoms in total. The molecule has 0 atom stereocenters. The maximum atomic E-state index is 10.6. The highest BCUT2D eigenvalue weighted by Gasteiger charge is 2.38. The summed E-state index contributed by atoms with van der Waals surface area (Å²) in [6, 6.07) is 3.94. The molecule has 3 N–H and O–H groups in total. The van der Waals surface area contributed by atoms with Crippen molar-refractivity contribution in [3.8, 4) is 5.75 Å². The first-order valence-electron chi connectivity index (χ1n) is 7.69. The van der Waals surface area contributed by atoms with E-state index in [9.17, 15) is 5.11 Å². The highest BCUT2D eigenvalue weighted by atomic mass is 79.9. The van der Waals surface area contributed by atoms with Crippen LogP contribution in [-0.2, 0) is 9.47 Å². The van der Waals surface area contributed by atoms with Crippen LogP contribution >= 0.6 is 31.9 Å². The van der Waals surface area contributed by atoms with E-state index in [1.807, 2.05) is 6.07 Å². The molecule has 2 heterocycles. The molecule has 122 valence electrons. The summed E-state index contributed by atoms with van der Waals surface area (Å²) in [6.07, 6.45) is 0.210. The van der Waals surface area contributed by atoms with E-state index >= 15 is 0 Å². The molecule has 7 heteroatoms. The highest BCUT2D eigenvalue weighted by Crippen LogP contribution is 2.33. The van der Waals surface area contributed by atoms with Gasteiger partial charge < -0.3 is 14.6 Å². The van der Waals surface area contributed by atoms with Crippen molar-refractivity contribution in [1.29, 1.82) is 0 Å². The molecule has 0 saturated carbocycles. The summed E-state index contributed by atoms with van der Waals surface area (Å²) >= 11 is 7.02. The fraction of sp³-hybridized carbons (Fsp3) is 0.600. The molecule has 0 spiro atoms. The van der Waals surface area contributed by atoms with Gasteiger partial charge in [0, 0.05) is 4.47 Å². The lowest BCUT2D eigenvalue weighted by Crippen LogP contribution is -3.32. The van der Waals surface area contributed by atoms with Crippen LogP contribution in [0, 0.1) is 0 Å². The monoisotopic (exact) mass is 436 g/mol. The van der Waals surface area contributed by atoms with E-state index in [0.717, 1.165) is 67.1 Å². The van der Waals surface area contributed by atoms with E-state index < -0.39 is 0 Å². The van der Waals surface area contributed by atoms with Gasteiger partial charge in [0.2, 0.25) is 6.17 Å². The number of phenols is 1. The van der Waals surface area contributed by atoms with Gasteiger partial charge in [-0.2, -0.15) is 0 Å². The van der Waals surface area contributed by atoms with Crippen molar-refractivity contribution < 1.29 is 24.4 Å². The first-order valence-corrected chi connectivity index (χ1v) is 9.28. The normalized spacial score (nSPS) is 21.4. The molecule has 3 rings (SSSR count). The van der Waals surface area contributed by atoms with E-state index in [2.05, 4.69) is 37.9 Å². The highest BCUT2D eigenvalue weighted by molar-refractivity contribution is 9.11. The van der Waals surface area contributed by atoms with Crippen molar-refractivity contribution in [2.75, 3.05) is 52.6 Å². The second-order valence-electron chi connectivity index (χ2n) is 5.80. The lowest BCUT2D eigenvalue weighted by Gasteiger charge is -2.37. The summed E-state index contributed by atoms with van der Waals surface area (Å²) in [5.41, 5.74) is 0.995. The third-order valence-electron chi connectivity index (χ3n) is 4.46. The van der Waals surface area contributed by atoms with Crippen molar-refractivity contribution >= 4 is 31.9 Å². The Morgan fingerprint density at radius 2 is 1.41 bits per heavy atom. The Balaban J connectivity index is 1.96. The molecule has 0 radical (unpaired) electrons. The summed E-state index contributed by atoms with van der Waals surface area (Å²) in [7, 11) is 0. The van der Waals surface area contributed by atoms with Crippen molar-refractivity contribution in [1.82, 2.24) is 0 Å². The standard InChI is InChI=1S/C15H20Br2N2O3/c16-11-9-12(14(20)13(17)10-11)15(18-1-5-21-6-2-18)19-3-7-22-8-4-19/h9-10,15,20H,1-8H2/p+2. The van der Waals surface area contributed by atoms with Gasteiger partial charge in [0.15, 0.2) is 0 Å². The van der Waals surface area contributed by atoms with Gasteiger partial charge in [-0.1, -0.05) is 15.9 Å². The largest absolute Gasteiger partial charge is 0.506 e. The predicted octanol–water partition coefficient (Wildman–Crippen LogP) is -0.254. The number of morpholine rings is 2. The number of hydrogen-bond donors (Lipinski definition) is 3. The second-order valence-corrected chi connectivity index (χ2v) is 7.57. The molecule has 0 aliphatic carbocycles. The third-order valence-corrected chi connectivity index (χ3v) is 5.52. The smallest absolute Gasteiger partial charge is 0.244 e.